The van der Waals surface area contributed by atoms with Gasteiger partial charge in [0.05, 0.1) is 5.52 Å². The summed E-state index contributed by atoms with van der Waals surface area (Å²) in [5.74, 6) is 2.06. The molecule has 1 aromatic carbocycles. The highest BCUT2D eigenvalue weighted by molar-refractivity contribution is 5.92. The molecule has 1 saturated carbocycles. The van der Waals surface area contributed by atoms with Gasteiger partial charge >= 0.3 is 0 Å². The number of carbonyl (C=O) groups is 1. The minimum absolute atomic E-state index is 0.163. The number of nitrogens with one attached hydrogen (secondary N) is 2. The highest BCUT2D eigenvalue weighted by atomic mass is 16.1. The van der Waals surface area contributed by atoms with Crippen molar-refractivity contribution in [1.82, 2.24) is 20.2 Å². The van der Waals surface area contributed by atoms with Crippen LogP contribution in [-0.4, -0.2) is 26.5 Å². The number of para-hydroxylation sites is 1. The molecule has 22 heavy (non-hydrogen) atoms. The van der Waals surface area contributed by atoms with E-state index in [4.69, 9.17) is 0 Å². The third kappa shape index (κ3) is 2.22. The number of rotatable bonds is 4. The molecular weight excluding hydrogens is 278 g/mol. The van der Waals surface area contributed by atoms with Crippen LogP contribution in [0.4, 0.5) is 11.6 Å². The van der Waals surface area contributed by atoms with Crippen molar-refractivity contribution >= 4 is 28.8 Å². The van der Waals surface area contributed by atoms with E-state index in [0.29, 0.717) is 23.8 Å². The highest BCUT2D eigenvalue weighted by Crippen LogP contribution is 2.36. The molecule has 2 N–H and O–H groups in total. The predicted octanol–water partition coefficient (Wildman–Crippen LogP) is 3.18. The zero-order chi connectivity index (χ0) is 14.9. The van der Waals surface area contributed by atoms with E-state index < -0.39 is 0 Å². The lowest BCUT2D eigenvalue weighted by atomic mass is 9.83. The zero-order valence-corrected chi connectivity index (χ0v) is 11.9. The van der Waals surface area contributed by atoms with E-state index in [1.165, 1.54) is 19.3 Å². The van der Waals surface area contributed by atoms with Crippen molar-refractivity contribution in [2.24, 2.45) is 0 Å². The Morgan fingerprint density at radius 1 is 1.23 bits per heavy atom. The van der Waals surface area contributed by atoms with Crippen molar-refractivity contribution in [2.75, 3.05) is 5.32 Å². The van der Waals surface area contributed by atoms with E-state index in [1.807, 2.05) is 30.3 Å². The van der Waals surface area contributed by atoms with Gasteiger partial charge in [0.15, 0.2) is 17.9 Å². The van der Waals surface area contributed by atoms with E-state index in [9.17, 15) is 4.79 Å². The standard InChI is InChI=1S/C16H15N5O/c22-9-15-17-12-7-2-1-6-11(12)16(19-15)18-14-8-13(20-21-14)10-4-3-5-10/h1-2,6-10H,3-5H2,(H2,17,18,19,20,21). The molecule has 2 heterocycles. The van der Waals surface area contributed by atoms with Crippen LogP contribution < -0.4 is 5.32 Å². The molecule has 0 bridgehead atoms. The van der Waals surface area contributed by atoms with Crippen LogP contribution in [0.2, 0.25) is 0 Å². The Kier molecular flexibility index (Phi) is 3.07. The molecule has 1 aliphatic carbocycles. The van der Waals surface area contributed by atoms with Gasteiger partial charge in [0.1, 0.15) is 5.82 Å². The number of hydrogen-bond donors (Lipinski definition) is 2. The number of aromatic nitrogens is 4. The van der Waals surface area contributed by atoms with Gasteiger partial charge in [-0.25, -0.2) is 9.97 Å². The average molecular weight is 293 g/mol. The third-order valence-corrected chi connectivity index (χ3v) is 4.12. The van der Waals surface area contributed by atoms with Crippen LogP contribution in [0.15, 0.2) is 30.3 Å². The smallest absolute Gasteiger partial charge is 0.195 e. The van der Waals surface area contributed by atoms with Gasteiger partial charge in [-0.1, -0.05) is 18.6 Å². The summed E-state index contributed by atoms with van der Waals surface area (Å²) in [7, 11) is 0. The highest BCUT2D eigenvalue weighted by Gasteiger charge is 2.21. The number of anilines is 2. The van der Waals surface area contributed by atoms with Crippen LogP contribution in [0.5, 0.6) is 0 Å². The predicted molar refractivity (Wildman–Crippen MR) is 83.4 cm³/mol. The summed E-state index contributed by atoms with van der Waals surface area (Å²) in [4.78, 5) is 19.5. The van der Waals surface area contributed by atoms with Gasteiger partial charge in [0.25, 0.3) is 0 Å². The second-order valence-electron chi connectivity index (χ2n) is 5.53. The molecule has 110 valence electrons. The molecule has 6 nitrogen and oxygen atoms in total. The van der Waals surface area contributed by atoms with Crippen LogP contribution >= 0.6 is 0 Å². The maximum absolute atomic E-state index is 11.0. The maximum atomic E-state index is 11.0. The molecule has 3 aromatic rings. The van der Waals surface area contributed by atoms with Gasteiger partial charge in [-0.15, -0.1) is 0 Å². The largest absolute Gasteiger partial charge is 0.323 e. The summed E-state index contributed by atoms with van der Waals surface area (Å²) in [6.45, 7) is 0. The first-order valence-electron chi connectivity index (χ1n) is 7.38. The SMILES string of the molecule is O=Cc1nc(Nc2cc(C3CCC3)[nH]n2)c2ccccc2n1. The van der Waals surface area contributed by atoms with Crippen molar-refractivity contribution in [2.45, 2.75) is 25.2 Å². The Morgan fingerprint density at radius 3 is 2.86 bits per heavy atom. The lowest BCUT2D eigenvalue weighted by Gasteiger charge is -2.23. The molecule has 0 atom stereocenters. The fourth-order valence-corrected chi connectivity index (χ4v) is 2.69. The molecule has 0 radical (unpaired) electrons. The van der Waals surface area contributed by atoms with Gasteiger partial charge in [0.2, 0.25) is 0 Å². The van der Waals surface area contributed by atoms with E-state index in [0.717, 1.165) is 16.6 Å². The van der Waals surface area contributed by atoms with Gasteiger partial charge < -0.3 is 5.32 Å². The van der Waals surface area contributed by atoms with E-state index >= 15 is 0 Å². The summed E-state index contributed by atoms with van der Waals surface area (Å²) < 4.78 is 0. The zero-order valence-electron chi connectivity index (χ0n) is 11.9. The van der Waals surface area contributed by atoms with Crippen molar-refractivity contribution in [3.05, 3.63) is 41.9 Å². The van der Waals surface area contributed by atoms with Gasteiger partial charge in [0, 0.05) is 23.1 Å². The van der Waals surface area contributed by atoms with Gasteiger partial charge in [-0.05, 0) is 25.0 Å². The molecule has 2 aromatic heterocycles. The van der Waals surface area contributed by atoms with E-state index in [2.05, 4.69) is 25.5 Å². The normalized spacial score (nSPS) is 14.7. The molecular formula is C16H15N5O. The maximum Gasteiger partial charge on any atom is 0.195 e. The van der Waals surface area contributed by atoms with E-state index in [1.54, 1.807) is 0 Å². The number of nitrogens with zero attached hydrogens (tertiary/aromatic N) is 3. The molecule has 1 aliphatic rings. The molecule has 0 unspecified atom stereocenters. The fraction of sp³-hybridized carbons (Fsp3) is 0.250. The first-order chi connectivity index (χ1) is 10.8. The Balaban J connectivity index is 1.70. The average Bonchev–Trinajstić information content (AvgIpc) is 2.93. The number of aldehydes is 1. The fourth-order valence-electron chi connectivity index (χ4n) is 2.69. The molecule has 0 saturated heterocycles. The van der Waals surface area contributed by atoms with Gasteiger partial charge in [-0.3, -0.25) is 9.89 Å². The summed E-state index contributed by atoms with van der Waals surface area (Å²) in [5, 5.41) is 11.4. The third-order valence-electron chi connectivity index (χ3n) is 4.12. The first kappa shape index (κ1) is 12.9. The number of benzene rings is 1. The van der Waals surface area contributed by atoms with Crippen molar-refractivity contribution in [3.8, 4) is 0 Å². The van der Waals surface area contributed by atoms with Crippen LogP contribution in [0, 0.1) is 0 Å². The Morgan fingerprint density at radius 2 is 2.09 bits per heavy atom. The van der Waals surface area contributed by atoms with E-state index in [-0.39, 0.29) is 5.82 Å². The van der Waals surface area contributed by atoms with Crippen molar-refractivity contribution in [3.63, 3.8) is 0 Å². The minimum Gasteiger partial charge on any atom is -0.323 e. The quantitative estimate of drug-likeness (QED) is 0.722. The number of fused-ring (bicyclic) bond motifs is 1. The minimum atomic E-state index is 0.163. The van der Waals surface area contributed by atoms with Crippen molar-refractivity contribution < 1.29 is 4.79 Å². The summed E-state index contributed by atoms with van der Waals surface area (Å²) in [6, 6.07) is 9.60. The summed E-state index contributed by atoms with van der Waals surface area (Å²) >= 11 is 0. The lowest BCUT2D eigenvalue weighted by Crippen LogP contribution is -2.08. The lowest BCUT2D eigenvalue weighted by molar-refractivity contribution is 0.111. The second kappa shape index (κ2) is 5.22. The molecule has 4 rings (SSSR count). The Hall–Kier alpha value is -2.76. The van der Waals surface area contributed by atoms with Crippen LogP contribution in [-0.2, 0) is 0 Å². The Bertz CT molecular complexity index is 837. The molecule has 0 aliphatic heterocycles. The van der Waals surface area contributed by atoms with Crippen molar-refractivity contribution in [1.29, 1.82) is 0 Å². The van der Waals surface area contributed by atoms with Crippen LogP contribution in [0.3, 0.4) is 0 Å². The van der Waals surface area contributed by atoms with Crippen LogP contribution in [0.1, 0.15) is 41.5 Å². The van der Waals surface area contributed by atoms with Gasteiger partial charge in [-0.2, -0.15) is 5.10 Å². The molecule has 0 spiro atoms. The number of hydrogen-bond acceptors (Lipinski definition) is 5. The first-order valence-corrected chi connectivity index (χ1v) is 7.38. The summed E-state index contributed by atoms with van der Waals surface area (Å²) in [5.41, 5.74) is 1.89. The number of carbonyl (C=O) groups excluding carboxylic acids is 1. The summed E-state index contributed by atoms with van der Waals surface area (Å²) in [6.07, 6.45) is 4.37. The Labute approximate surface area is 127 Å². The number of H-pyrrole nitrogens is 1. The van der Waals surface area contributed by atoms with Crippen LogP contribution in [0.25, 0.3) is 10.9 Å². The second-order valence-corrected chi connectivity index (χ2v) is 5.53. The topological polar surface area (TPSA) is 83.6 Å². The number of aromatic amines is 1. The molecule has 0 amide bonds. The molecule has 1 fully saturated rings. The molecule has 6 heteroatoms. The monoisotopic (exact) mass is 293 g/mol.